The van der Waals surface area contributed by atoms with Crippen molar-refractivity contribution in [1.29, 1.82) is 0 Å². The minimum Gasteiger partial charge on any atom is -0.300 e. The molecule has 2 unspecified atom stereocenters. The van der Waals surface area contributed by atoms with Crippen LogP contribution in [0, 0.1) is 5.92 Å². The number of hydrogen-bond donors (Lipinski definition) is 0. The van der Waals surface area contributed by atoms with Gasteiger partial charge in [0.15, 0.2) is 0 Å². The summed E-state index contributed by atoms with van der Waals surface area (Å²) in [7, 11) is 0. The fourth-order valence-corrected chi connectivity index (χ4v) is 3.18. The molecule has 0 saturated carbocycles. The minimum absolute atomic E-state index is 0.871. The van der Waals surface area contributed by atoms with Crippen LogP contribution in [0.5, 0.6) is 0 Å². The normalized spacial score (nSPS) is 22.6. The van der Waals surface area contributed by atoms with Gasteiger partial charge in [-0.25, -0.2) is 0 Å². The Morgan fingerprint density at radius 2 is 1.60 bits per heavy atom. The predicted molar refractivity (Wildman–Crippen MR) is 68.2 cm³/mol. The molecule has 1 nitrogen and oxygen atoms in total. The van der Waals surface area contributed by atoms with Crippen molar-refractivity contribution in [3.05, 3.63) is 0 Å². The summed E-state index contributed by atoms with van der Waals surface area (Å²) in [4.78, 5) is 2.77. The highest BCUT2D eigenvalue weighted by molar-refractivity contribution is 4.79. The lowest BCUT2D eigenvalue weighted by Crippen LogP contribution is -2.43. The van der Waals surface area contributed by atoms with Crippen molar-refractivity contribution in [3.63, 3.8) is 0 Å². The summed E-state index contributed by atoms with van der Waals surface area (Å²) in [6.45, 7) is 9.79. The van der Waals surface area contributed by atoms with Gasteiger partial charge in [0, 0.05) is 6.04 Å². The van der Waals surface area contributed by atoms with Gasteiger partial charge in [-0.15, -0.1) is 0 Å². The molecule has 1 aliphatic heterocycles. The van der Waals surface area contributed by atoms with E-state index in [9.17, 15) is 0 Å². The Balaban J connectivity index is 2.50. The topological polar surface area (TPSA) is 3.24 Å². The fraction of sp³-hybridized carbons (Fsp3) is 1.00. The molecular weight excluding hydrogens is 182 g/mol. The van der Waals surface area contributed by atoms with Gasteiger partial charge in [0.25, 0.3) is 0 Å². The van der Waals surface area contributed by atoms with Crippen LogP contribution >= 0.6 is 0 Å². The van der Waals surface area contributed by atoms with E-state index in [1.165, 1.54) is 58.0 Å². The van der Waals surface area contributed by atoms with E-state index in [1.807, 2.05) is 0 Å². The molecule has 15 heavy (non-hydrogen) atoms. The predicted octanol–water partition coefficient (Wildman–Crippen LogP) is 4.08. The Labute approximate surface area is 96.2 Å². The van der Waals surface area contributed by atoms with Crippen molar-refractivity contribution in [2.75, 3.05) is 13.1 Å². The second kappa shape index (κ2) is 7.27. The van der Waals surface area contributed by atoms with E-state index in [2.05, 4.69) is 25.7 Å². The lowest BCUT2D eigenvalue weighted by Gasteiger charge is -2.38. The van der Waals surface area contributed by atoms with E-state index in [0.29, 0.717) is 0 Å². The monoisotopic (exact) mass is 211 g/mol. The number of rotatable bonds is 6. The standard InChI is InChI=1S/C14H29N/c1-4-10-13(5-2)14(6-3)15-11-8-7-9-12-15/h13-14H,4-12H2,1-3H3. The molecule has 1 heteroatoms. The minimum atomic E-state index is 0.871. The zero-order valence-corrected chi connectivity index (χ0v) is 11.0. The molecule has 0 amide bonds. The van der Waals surface area contributed by atoms with Crippen LogP contribution in [-0.4, -0.2) is 24.0 Å². The Bertz CT molecular complexity index is 145. The maximum Gasteiger partial charge on any atom is 0.0121 e. The number of piperidine rings is 1. The average Bonchev–Trinajstić information content (AvgIpc) is 2.30. The van der Waals surface area contributed by atoms with Crippen LogP contribution < -0.4 is 0 Å². The Morgan fingerprint density at radius 1 is 0.933 bits per heavy atom. The lowest BCUT2D eigenvalue weighted by atomic mass is 9.88. The van der Waals surface area contributed by atoms with Crippen molar-refractivity contribution in [3.8, 4) is 0 Å². The maximum atomic E-state index is 2.77. The SMILES string of the molecule is CCCC(CC)C(CC)N1CCCCC1. The molecule has 1 heterocycles. The van der Waals surface area contributed by atoms with Crippen LogP contribution in [0.25, 0.3) is 0 Å². The average molecular weight is 211 g/mol. The lowest BCUT2D eigenvalue weighted by molar-refractivity contribution is 0.105. The molecule has 1 saturated heterocycles. The molecule has 1 fully saturated rings. The smallest absolute Gasteiger partial charge is 0.0121 e. The molecule has 0 aromatic carbocycles. The third-order valence-electron chi connectivity index (χ3n) is 4.01. The molecule has 0 spiro atoms. The van der Waals surface area contributed by atoms with Crippen LogP contribution in [0.3, 0.4) is 0 Å². The summed E-state index contributed by atoms with van der Waals surface area (Å²) in [5, 5.41) is 0. The van der Waals surface area contributed by atoms with Gasteiger partial charge in [-0.05, 0) is 44.7 Å². The van der Waals surface area contributed by atoms with Crippen LogP contribution in [-0.2, 0) is 0 Å². The van der Waals surface area contributed by atoms with E-state index in [1.54, 1.807) is 0 Å². The van der Waals surface area contributed by atoms with Crippen molar-refractivity contribution in [2.24, 2.45) is 5.92 Å². The molecule has 0 bridgehead atoms. The number of nitrogens with zero attached hydrogens (tertiary/aromatic N) is 1. The first-order valence-electron chi connectivity index (χ1n) is 7.07. The largest absolute Gasteiger partial charge is 0.300 e. The third kappa shape index (κ3) is 3.79. The molecule has 2 atom stereocenters. The summed E-state index contributed by atoms with van der Waals surface area (Å²) in [5.74, 6) is 0.943. The molecule has 0 radical (unpaired) electrons. The molecule has 1 aliphatic rings. The first-order chi connectivity index (χ1) is 7.33. The second-order valence-corrected chi connectivity index (χ2v) is 5.03. The van der Waals surface area contributed by atoms with Crippen LogP contribution in [0.4, 0.5) is 0 Å². The van der Waals surface area contributed by atoms with Gasteiger partial charge >= 0.3 is 0 Å². The Morgan fingerprint density at radius 3 is 2.07 bits per heavy atom. The Hall–Kier alpha value is -0.0400. The van der Waals surface area contributed by atoms with Crippen LogP contribution in [0.2, 0.25) is 0 Å². The molecule has 0 aromatic rings. The molecule has 0 N–H and O–H groups in total. The van der Waals surface area contributed by atoms with Gasteiger partial charge in [0.05, 0.1) is 0 Å². The van der Waals surface area contributed by atoms with Crippen molar-refractivity contribution >= 4 is 0 Å². The van der Waals surface area contributed by atoms with E-state index in [-0.39, 0.29) is 0 Å². The van der Waals surface area contributed by atoms with Gasteiger partial charge in [-0.3, -0.25) is 0 Å². The first-order valence-corrected chi connectivity index (χ1v) is 7.07. The van der Waals surface area contributed by atoms with E-state index < -0.39 is 0 Å². The van der Waals surface area contributed by atoms with Crippen molar-refractivity contribution in [1.82, 2.24) is 4.90 Å². The summed E-state index contributed by atoms with van der Waals surface area (Å²) in [6.07, 6.45) is 9.80. The molecular formula is C14H29N. The summed E-state index contributed by atoms with van der Waals surface area (Å²) in [6, 6.07) is 0.871. The van der Waals surface area contributed by atoms with E-state index >= 15 is 0 Å². The summed E-state index contributed by atoms with van der Waals surface area (Å²) in [5.41, 5.74) is 0. The van der Waals surface area contributed by atoms with Crippen molar-refractivity contribution in [2.45, 2.75) is 71.8 Å². The fourth-order valence-electron chi connectivity index (χ4n) is 3.18. The zero-order chi connectivity index (χ0) is 11.1. The highest BCUT2D eigenvalue weighted by Crippen LogP contribution is 2.25. The van der Waals surface area contributed by atoms with Gasteiger partial charge < -0.3 is 4.90 Å². The molecule has 0 aliphatic carbocycles. The molecule has 90 valence electrons. The number of hydrogen-bond acceptors (Lipinski definition) is 1. The highest BCUT2D eigenvalue weighted by Gasteiger charge is 2.25. The Kier molecular flexibility index (Phi) is 6.31. The second-order valence-electron chi connectivity index (χ2n) is 5.03. The van der Waals surface area contributed by atoms with Gasteiger partial charge in [-0.2, -0.15) is 0 Å². The third-order valence-corrected chi connectivity index (χ3v) is 4.01. The maximum absolute atomic E-state index is 2.77. The van der Waals surface area contributed by atoms with E-state index in [0.717, 1.165) is 12.0 Å². The molecule has 0 aromatic heterocycles. The number of likely N-dealkylation sites (tertiary alicyclic amines) is 1. The molecule has 1 rings (SSSR count). The van der Waals surface area contributed by atoms with Gasteiger partial charge in [-0.1, -0.05) is 40.0 Å². The van der Waals surface area contributed by atoms with Crippen molar-refractivity contribution < 1.29 is 0 Å². The highest BCUT2D eigenvalue weighted by atomic mass is 15.2. The first kappa shape index (κ1) is 13.0. The summed E-state index contributed by atoms with van der Waals surface area (Å²) < 4.78 is 0. The quantitative estimate of drug-likeness (QED) is 0.640. The van der Waals surface area contributed by atoms with Crippen LogP contribution in [0.1, 0.15) is 65.7 Å². The van der Waals surface area contributed by atoms with Gasteiger partial charge in [0.2, 0.25) is 0 Å². The zero-order valence-electron chi connectivity index (χ0n) is 11.0. The van der Waals surface area contributed by atoms with Gasteiger partial charge in [0.1, 0.15) is 0 Å². The summed E-state index contributed by atoms with van der Waals surface area (Å²) >= 11 is 0. The van der Waals surface area contributed by atoms with Crippen LogP contribution in [0.15, 0.2) is 0 Å². The van der Waals surface area contributed by atoms with E-state index in [4.69, 9.17) is 0 Å².